The van der Waals surface area contributed by atoms with Gasteiger partial charge in [-0.3, -0.25) is 4.57 Å². The summed E-state index contributed by atoms with van der Waals surface area (Å²) < 4.78 is 12.5. The van der Waals surface area contributed by atoms with Gasteiger partial charge in [-0.2, -0.15) is 5.26 Å². The van der Waals surface area contributed by atoms with E-state index in [4.69, 9.17) is 14.4 Å². The Balaban J connectivity index is 0.00000225. The fraction of sp³-hybridized carbons (Fsp3) is 0.619. The summed E-state index contributed by atoms with van der Waals surface area (Å²) in [5.74, 6) is 0.410. The number of hydrogen-bond donors (Lipinski definition) is 0. The molecule has 1 aromatic heterocycles. The van der Waals surface area contributed by atoms with Gasteiger partial charge in [-0.05, 0) is 62.6 Å². The van der Waals surface area contributed by atoms with E-state index < -0.39 is 0 Å². The summed E-state index contributed by atoms with van der Waals surface area (Å²) in [5.41, 5.74) is 1.87. The van der Waals surface area contributed by atoms with Crippen molar-refractivity contribution in [3.05, 3.63) is 34.3 Å². The van der Waals surface area contributed by atoms with Crippen molar-refractivity contribution in [2.75, 3.05) is 26.8 Å². The summed E-state index contributed by atoms with van der Waals surface area (Å²) in [5, 5.41) is 9.15. The molecule has 1 aromatic carbocycles. The first-order valence-electron chi connectivity index (χ1n) is 9.97. The first kappa shape index (κ1) is 20.9. The second kappa shape index (κ2) is 9.13. The van der Waals surface area contributed by atoms with Crippen molar-refractivity contribution in [3.63, 3.8) is 0 Å². The van der Waals surface area contributed by atoms with Crippen molar-refractivity contribution in [2.45, 2.75) is 50.6 Å². The first-order valence-corrected chi connectivity index (χ1v) is 9.97. The van der Waals surface area contributed by atoms with E-state index in [9.17, 15) is 4.79 Å². The van der Waals surface area contributed by atoms with Gasteiger partial charge in [0.2, 0.25) is 0 Å². The smallest absolute Gasteiger partial charge is 0.408 e. The van der Waals surface area contributed by atoms with Crippen LogP contribution in [0.1, 0.15) is 50.1 Å². The van der Waals surface area contributed by atoms with Crippen LogP contribution in [0.3, 0.4) is 0 Å². The van der Waals surface area contributed by atoms with Gasteiger partial charge < -0.3 is 14.1 Å². The monoisotopic (exact) mass is 405 g/mol. The topological polar surface area (TPSA) is 71.4 Å². The van der Waals surface area contributed by atoms with E-state index >= 15 is 0 Å². The van der Waals surface area contributed by atoms with Crippen LogP contribution in [0.4, 0.5) is 0 Å². The maximum atomic E-state index is 12.4. The van der Waals surface area contributed by atoms with Crippen LogP contribution in [0.15, 0.2) is 27.4 Å². The molecule has 0 unspecified atom stereocenters. The molecule has 1 aliphatic carbocycles. The van der Waals surface area contributed by atoms with Gasteiger partial charge >= 0.3 is 5.76 Å². The number of fused-ring (bicyclic) bond motifs is 1. The third kappa shape index (κ3) is 4.12. The number of likely N-dealkylation sites (tertiary alicyclic amines) is 1. The van der Waals surface area contributed by atoms with Crippen LogP contribution in [0.2, 0.25) is 0 Å². The van der Waals surface area contributed by atoms with Crippen LogP contribution in [0, 0.1) is 17.2 Å². The molecule has 152 valence electrons. The lowest BCUT2D eigenvalue weighted by molar-refractivity contribution is 0.0710. The average molecular weight is 406 g/mol. The van der Waals surface area contributed by atoms with Crippen LogP contribution in [0.5, 0.6) is 0 Å². The van der Waals surface area contributed by atoms with Gasteiger partial charge in [-0.1, -0.05) is 0 Å². The Kier molecular flexibility index (Phi) is 6.82. The van der Waals surface area contributed by atoms with E-state index in [1.807, 2.05) is 0 Å². The molecule has 2 aromatic rings. The minimum absolute atomic E-state index is 0. The van der Waals surface area contributed by atoms with Gasteiger partial charge in [0.05, 0.1) is 17.1 Å². The summed E-state index contributed by atoms with van der Waals surface area (Å²) in [7, 11) is 1.79. The number of methoxy groups -OCH3 is 1. The molecule has 7 heteroatoms. The number of hydrogen-bond acceptors (Lipinski definition) is 5. The molecule has 0 radical (unpaired) electrons. The summed E-state index contributed by atoms with van der Waals surface area (Å²) in [4.78, 5) is 15.0. The number of ether oxygens (including phenoxy) is 1. The SMILES string of the molecule is COC[C@H]1CC[C@H](N2CCC(n3c(=O)oc4ccc(C#N)cc43)CC2)CC1.Cl. The number of nitriles is 1. The molecule has 2 fully saturated rings. The van der Waals surface area contributed by atoms with E-state index in [0.717, 1.165) is 38.1 Å². The Morgan fingerprint density at radius 2 is 1.86 bits per heavy atom. The lowest BCUT2D eigenvalue weighted by Crippen LogP contribution is -2.44. The molecule has 2 aliphatic rings. The van der Waals surface area contributed by atoms with Crippen molar-refractivity contribution < 1.29 is 9.15 Å². The number of benzene rings is 1. The third-order valence-corrected chi connectivity index (χ3v) is 6.34. The van der Waals surface area contributed by atoms with Gasteiger partial charge in [-0.15, -0.1) is 12.4 Å². The van der Waals surface area contributed by atoms with Crippen LogP contribution in [-0.2, 0) is 4.74 Å². The number of halogens is 1. The highest BCUT2D eigenvalue weighted by molar-refractivity contribution is 5.85. The van der Waals surface area contributed by atoms with Crippen molar-refractivity contribution in [3.8, 4) is 6.07 Å². The van der Waals surface area contributed by atoms with Gasteiger partial charge in [0.15, 0.2) is 5.58 Å². The first-order chi connectivity index (χ1) is 13.2. The largest absolute Gasteiger partial charge is 0.420 e. The number of oxazole rings is 1. The van der Waals surface area contributed by atoms with E-state index in [1.54, 1.807) is 29.9 Å². The Labute approximate surface area is 171 Å². The molecular formula is C21H28ClN3O3. The molecule has 1 aliphatic heterocycles. The Morgan fingerprint density at radius 3 is 2.50 bits per heavy atom. The van der Waals surface area contributed by atoms with Gasteiger partial charge in [-0.25, -0.2) is 4.79 Å². The zero-order chi connectivity index (χ0) is 18.8. The van der Waals surface area contributed by atoms with Gasteiger partial charge in [0.1, 0.15) is 0 Å². The molecule has 0 N–H and O–H groups in total. The quantitative estimate of drug-likeness (QED) is 0.774. The van der Waals surface area contributed by atoms with Crippen LogP contribution < -0.4 is 5.76 Å². The average Bonchev–Trinajstić information content (AvgIpc) is 3.04. The molecule has 0 amide bonds. The van der Waals surface area contributed by atoms with E-state index in [1.165, 1.54) is 25.7 Å². The fourth-order valence-corrected chi connectivity index (χ4v) is 4.87. The zero-order valence-corrected chi connectivity index (χ0v) is 17.1. The molecule has 0 spiro atoms. The molecular weight excluding hydrogens is 378 g/mol. The predicted octanol–water partition coefficient (Wildman–Crippen LogP) is 3.73. The maximum Gasteiger partial charge on any atom is 0.420 e. The third-order valence-electron chi connectivity index (χ3n) is 6.34. The second-order valence-corrected chi connectivity index (χ2v) is 7.93. The summed E-state index contributed by atoms with van der Waals surface area (Å²) >= 11 is 0. The second-order valence-electron chi connectivity index (χ2n) is 7.93. The highest BCUT2D eigenvalue weighted by atomic mass is 35.5. The molecule has 2 heterocycles. The normalized spacial score (nSPS) is 24.0. The lowest BCUT2D eigenvalue weighted by Gasteiger charge is -2.40. The Bertz CT molecular complexity index is 884. The van der Waals surface area contributed by atoms with Crippen molar-refractivity contribution in [1.82, 2.24) is 9.47 Å². The summed E-state index contributed by atoms with van der Waals surface area (Å²) in [6.07, 6.45) is 6.90. The van der Waals surface area contributed by atoms with Crippen LogP contribution in [0.25, 0.3) is 11.1 Å². The number of nitrogens with zero attached hydrogens (tertiary/aromatic N) is 3. The Morgan fingerprint density at radius 1 is 1.14 bits per heavy atom. The highest BCUT2D eigenvalue weighted by Crippen LogP contribution is 2.32. The molecule has 6 nitrogen and oxygen atoms in total. The minimum Gasteiger partial charge on any atom is -0.408 e. The molecule has 4 rings (SSSR count). The van der Waals surface area contributed by atoms with E-state index in [-0.39, 0.29) is 24.2 Å². The maximum absolute atomic E-state index is 12.4. The summed E-state index contributed by atoms with van der Waals surface area (Å²) in [6, 6.07) is 8.14. The van der Waals surface area contributed by atoms with Gasteiger partial charge in [0.25, 0.3) is 0 Å². The fourth-order valence-electron chi connectivity index (χ4n) is 4.87. The summed E-state index contributed by atoms with van der Waals surface area (Å²) in [6.45, 7) is 2.92. The van der Waals surface area contributed by atoms with Crippen LogP contribution in [-0.4, -0.2) is 42.3 Å². The van der Waals surface area contributed by atoms with Crippen molar-refractivity contribution in [2.24, 2.45) is 5.92 Å². The standard InChI is InChI=1S/C21H27N3O3.ClH/c1-26-14-15-2-5-17(6-3-15)23-10-8-18(9-11-23)24-19-12-16(13-22)4-7-20(19)27-21(24)25;/h4,7,12,15,17-18H,2-3,5-6,8-11,14H2,1H3;1H/t15-,17-;. The zero-order valence-electron chi connectivity index (χ0n) is 16.3. The molecule has 1 saturated carbocycles. The lowest BCUT2D eigenvalue weighted by atomic mass is 9.85. The van der Waals surface area contributed by atoms with Crippen molar-refractivity contribution >= 4 is 23.5 Å². The number of piperidine rings is 1. The highest BCUT2D eigenvalue weighted by Gasteiger charge is 2.30. The van der Waals surface area contributed by atoms with Crippen LogP contribution >= 0.6 is 12.4 Å². The Hall–Kier alpha value is -1.81. The minimum atomic E-state index is -0.307. The van der Waals surface area contributed by atoms with E-state index in [0.29, 0.717) is 23.1 Å². The predicted molar refractivity (Wildman–Crippen MR) is 110 cm³/mol. The molecule has 28 heavy (non-hydrogen) atoms. The number of rotatable bonds is 4. The number of aromatic nitrogens is 1. The molecule has 0 atom stereocenters. The molecule has 1 saturated heterocycles. The van der Waals surface area contributed by atoms with Gasteiger partial charge in [0, 0.05) is 38.9 Å². The van der Waals surface area contributed by atoms with E-state index in [2.05, 4.69) is 11.0 Å². The molecule has 0 bridgehead atoms. The van der Waals surface area contributed by atoms with Crippen molar-refractivity contribution in [1.29, 1.82) is 5.26 Å².